The van der Waals surface area contributed by atoms with Crippen molar-refractivity contribution in [1.29, 1.82) is 0 Å². The monoisotopic (exact) mass is 368 g/mol. The lowest BCUT2D eigenvalue weighted by atomic mass is 9.45. The molecule has 4 aliphatic rings. The lowest BCUT2D eigenvalue weighted by Crippen LogP contribution is -2.55. The molecule has 0 aromatic carbocycles. The van der Waals surface area contributed by atoms with Crippen LogP contribution in [0.4, 0.5) is 0 Å². The van der Waals surface area contributed by atoms with Crippen molar-refractivity contribution in [2.45, 2.75) is 64.9 Å². The smallest absolute Gasteiger partial charge is 0.174 e. The average Bonchev–Trinajstić information content (AvgIpc) is 2.55. The van der Waals surface area contributed by atoms with Crippen LogP contribution in [0.2, 0.25) is 0 Å². The van der Waals surface area contributed by atoms with Crippen LogP contribution in [0.1, 0.15) is 58.8 Å². The maximum atomic E-state index is 12.1. The zero-order chi connectivity index (χ0) is 17.3. The maximum Gasteiger partial charge on any atom is 0.174 e. The Kier molecular flexibility index (Phi) is 3.99. The summed E-state index contributed by atoms with van der Waals surface area (Å²) in [4.78, 5) is 12.1. The standard InChI is InChI=1S/C20H26Cl2O2/c1-19-10-8-16(23)17(22)14(19)4-3-11-12-5-6-15(21)18(24)20(12,2)9-7-13(11)19/h6,11-13,18,24H,3-5,7-10H2,1-2H3/t11-,12-,13-,18-,19+,20-/m0/s1. The molecule has 4 aliphatic carbocycles. The number of aliphatic hydroxyl groups is 1. The van der Waals surface area contributed by atoms with E-state index in [9.17, 15) is 9.90 Å². The number of allylic oxidation sites excluding steroid dienone is 3. The summed E-state index contributed by atoms with van der Waals surface area (Å²) in [6, 6.07) is 0. The van der Waals surface area contributed by atoms with Gasteiger partial charge in [0, 0.05) is 16.9 Å². The Morgan fingerprint density at radius 2 is 1.88 bits per heavy atom. The van der Waals surface area contributed by atoms with Crippen LogP contribution in [0.15, 0.2) is 21.7 Å². The molecule has 0 radical (unpaired) electrons. The van der Waals surface area contributed by atoms with Gasteiger partial charge in [-0.1, -0.05) is 43.1 Å². The van der Waals surface area contributed by atoms with E-state index in [4.69, 9.17) is 23.2 Å². The number of ketones is 1. The summed E-state index contributed by atoms with van der Waals surface area (Å²) < 4.78 is 0. The van der Waals surface area contributed by atoms with Crippen LogP contribution in [0.5, 0.6) is 0 Å². The first-order valence-corrected chi connectivity index (χ1v) is 10.0. The predicted molar refractivity (Wildman–Crippen MR) is 96.8 cm³/mol. The van der Waals surface area contributed by atoms with Crippen LogP contribution in [0, 0.1) is 28.6 Å². The fourth-order valence-corrected chi connectivity index (χ4v) is 7.19. The first-order chi connectivity index (χ1) is 11.3. The van der Waals surface area contributed by atoms with Crippen LogP contribution >= 0.6 is 23.2 Å². The van der Waals surface area contributed by atoms with Crippen molar-refractivity contribution >= 4 is 29.0 Å². The molecule has 0 unspecified atom stereocenters. The molecule has 24 heavy (non-hydrogen) atoms. The average molecular weight is 369 g/mol. The molecule has 0 heterocycles. The third-order valence-electron chi connectivity index (χ3n) is 7.94. The molecule has 4 heteroatoms. The minimum absolute atomic E-state index is 0.0607. The van der Waals surface area contributed by atoms with Crippen molar-refractivity contribution < 1.29 is 9.90 Å². The van der Waals surface area contributed by atoms with Crippen molar-refractivity contribution in [1.82, 2.24) is 0 Å². The molecule has 0 amide bonds. The zero-order valence-corrected chi connectivity index (χ0v) is 16.0. The van der Waals surface area contributed by atoms with Gasteiger partial charge in [0.25, 0.3) is 0 Å². The fraction of sp³-hybridized carbons (Fsp3) is 0.750. The van der Waals surface area contributed by atoms with Crippen LogP contribution in [0.25, 0.3) is 0 Å². The molecule has 4 rings (SSSR count). The maximum absolute atomic E-state index is 12.1. The number of fused-ring (bicyclic) bond motifs is 5. The highest BCUT2D eigenvalue weighted by atomic mass is 35.5. The first-order valence-electron chi connectivity index (χ1n) is 9.25. The highest BCUT2D eigenvalue weighted by molar-refractivity contribution is 6.43. The van der Waals surface area contributed by atoms with Crippen LogP contribution in [-0.4, -0.2) is 17.0 Å². The molecular formula is C20H26Cl2O2. The summed E-state index contributed by atoms with van der Waals surface area (Å²) in [6.45, 7) is 4.55. The summed E-state index contributed by atoms with van der Waals surface area (Å²) in [5.41, 5.74) is 1.17. The number of hydrogen-bond donors (Lipinski definition) is 1. The predicted octanol–water partition coefficient (Wildman–Crippen LogP) is 5.18. The van der Waals surface area contributed by atoms with Crippen LogP contribution in [0.3, 0.4) is 0 Å². The van der Waals surface area contributed by atoms with E-state index in [0.717, 1.165) is 38.5 Å². The lowest BCUT2D eigenvalue weighted by molar-refractivity contribution is -0.120. The Morgan fingerprint density at radius 1 is 1.12 bits per heavy atom. The molecular weight excluding hydrogens is 343 g/mol. The van der Waals surface area contributed by atoms with E-state index in [0.29, 0.717) is 34.2 Å². The quantitative estimate of drug-likeness (QED) is 0.639. The minimum atomic E-state index is -0.528. The van der Waals surface area contributed by atoms with E-state index in [1.807, 2.05) is 6.08 Å². The topological polar surface area (TPSA) is 37.3 Å². The molecule has 2 saturated carbocycles. The SMILES string of the molecule is C[C@]12CC[C@H]3[C@@H](CCC4=C(Cl)C(=O)CC[C@@]43C)[C@@H]1CC=C(Cl)[C@@H]2O. The normalized spacial score (nSPS) is 48.4. The Morgan fingerprint density at radius 3 is 2.62 bits per heavy atom. The highest BCUT2D eigenvalue weighted by Crippen LogP contribution is 2.65. The van der Waals surface area contributed by atoms with E-state index >= 15 is 0 Å². The van der Waals surface area contributed by atoms with Gasteiger partial charge in [0.15, 0.2) is 5.78 Å². The van der Waals surface area contributed by atoms with Gasteiger partial charge < -0.3 is 5.11 Å². The van der Waals surface area contributed by atoms with Gasteiger partial charge in [-0.15, -0.1) is 0 Å². The number of carbonyl (C=O) groups is 1. The van der Waals surface area contributed by atoms with E-state index in [1.54, 1.807) is 0 Å². The van der Waals surface area contributed by atoms with Gasteiger partial charge in [0.1, 0.15) is 0 Å². The molecule has 0 aliphatic heterocycles. The van der Waals surface area contributed by atoms with Gasteiger partial charge in [-0.05, 0) is 67.3 Å². The molecule has 0 aromatic rings. The Labute approximate surface area is 154 Å². The van der Waals surface area contributed by atoms with Crippen molar-refractivity contribution in [3.63, 3.8) is 0 Å². The molecule has 0 bridgehead atoms. The second-order valence-electron chi connectivity index (χ2n) is 8.82. The van der Waals surface area contributed by atoms with Gasteiger partial charge >= 0.3 is 0 Å². The first kappa shape index (κ1) is 17.1. The van der Waals surface area contributed by atoms with E-state index in [1.165, 1.54) is 5.57 Å². The number of hydrogen-bond acceptors (Lipinski definition) is 2. The Balaban J connectivity index is 1.73. The molecule has 0 spiro atoms. The summed E-state index contributed by atoms with van der Waals surface area (Å²) in [5, 5.41) is 11.9. The molecule has 6 atom stereocenters. The van der Waals surface area contributed by atoms with Gasteiger partial charge in [0.2, 0.25) is 0 Å². The largest absolute Gasteiger partial charge is 0.387 e. The number of Topliss-reactive ketones (excluding diaryl/α,β-unsaturated/α-hetero) is 1. The van der Waals surface area contributed by atoms with Crippen molar-refractivity contribution in [2.75, 3.05) is 0 Å². The third-order valence-corrected chi connectivity index (χ3v) is 8.74. The lowest BCUT2D eigenvalue weighted by Gasteiger charge is -2.60. The molecule has 0 saturated heterocycles. The number of carbonyl (C=O) groups excluding carboxylic acids is 1. The Bertz CT molecular complexity index is 652. The van der Waals surface area contributed by atoms with E-state index < -0.39 is 6.10 Å². The van der Waals surface area contributed by atoms with Crippen LogP contribution < -0.4 is 0 Å². The van der Waals surface area contributed by atoms with Gasteiger partial charge in [-0.25, -0.2) is 0 Å². The molecule has 1 N–H and O–H groups in total. The van der Waals surface area contributed by atoms with E-state index in [2.05, 4.69) is 13.8 Å². The molecule has 2 fully saturated rings. The number of aliphatic hydroxyl groups excluding tert-OH is 1. The number of rotatable bonds is 0. The fourth-order valence-electron chi connectivity index (χ4n) is 6.45. The summed E-state index contributed by atoms with van der Waals surface area (Å²) >= 11 is 12.7. The Hall–Kier alpha value is -0.310. The third kappa shape index (κ3) is 2.15. The van der Waals surface area contributed by atoms with Crippen molar-refractivity contribution in [3.8, 4) is 0 Å². The highest BCUT2D eigenvalue weighted by Gasteiger charge is 2.58. The second kappa shape index (κ2) is 5.59. The summed E-state index contributed by atoms with van der Waals surface area (Å²) in [7, 11) is 0. The van der Waals surface area contributed by atoms with Crippen molar-refractivity contribution in [2.24, 2.45) is 28.6 Å². The molecule has 0 aromatic heterocycles. The summed E-state index contributed by atoms with van der Waals surface area (Å²) in [5.74, 6) is 1.76. The van der Waals surface area contributed by atoms with E-state index in [-0.39, 0.29) is 16.6 Å². The second-order valence-corrected chi connectivity index (χ2v) is 9.63. The van der Waals surface area contributed by atoms with Gasteiger partial charge in [-0.3, -0.25) is 4.79 Å². The summed E-state index contributed by atoms with van der Waals surface area (Å²) in [6.07, 6.45) is 8.09. The number of halogens is 2. The molecule has 2 nitrogen and oxygen atoms in total. The van der Waals surface area contributed by atoms with Gasteiger partial charge in [-0.2, -0.15) is 0 Å². The minimum Gasteiger partial charge on any atom is -0.387 e. The molecule has 132 valence electrons. The van der Waals surface area contributed by atoms with Crippen LogP contribution in [-0.2, 0) is 4.79 Å². The van der Waals surface area contributed by atoms with Gasteiger partial charge in [0.05, 0.1) is 11.1 Å². The van der Waals surface area contributed by atoms with Crippen molar-refractivity contribution in [3.05, 3.63) is 21.7 Å². The zero-order valence-electron chi connectivity index (χ0n) is 14.4.